The van der Waals surface area contributed by atoms with Crippen molar-refractivity contribution < 1.29 is 22.5 Å². The SMILES string of the molecule is Cc1c(NC(=O)c2cccc(S(=O)(=O)Nc3ccc(F)cc3)c2)cccc1[N+](=O)[O-]. The quantitative estimate of drug-likeness (QED) is 0.452. The summed E-state index contributed by atoms with van der Waals surface area (Å²) in [4.78, 5) is 22.9. The van der Waals surface area contributed by atoms with Crippen molar-refractivity contribution in [1.29, 1.82) is 0 Å². The van der Waals surface area contributed by atoms with Gasteiger partial charge >= 0.3 is 0 Å². The van der Waals surface area contributed by atoms with Gasteiger partial charge in [-0.2, -0.15) is 0 Å². The van der Waals surface area contributed by atoms with Gasteiger partial charge in [0.2, 0.25) is 0 Å². The van der Waals surface area contributed by atoms with E-state index in [9.17, 15) is 27.7 Å². The largest absolute Gasteiger partial charge is 0.321 e. The lowest BCUT2D eigenvalue weighted by Gasteiger charge is -2.11. The summed E-state index contributed by atoms with van der Waals surface area (Å²) in [5.41, 5.74) is 0.582. The molecule has 0 bridgehead atoms. The summed E-state index contributed by atoms with van der Waals surface area (Å²) in [6.45, 7) is 1.50. The van der Waals surface area contributed by atoms with E-state index >= 15 is 0 Å². The van der Waals surface area contributed by atoms with Crippen LogP contribution in [0.25, 0.3) is 0 Å². The summed E-state index contributed by atoms with van der Waals surface area (Å²) in [5.74, 6) is -1.13. The molecule has 0 aliphatic heterocycles. The van der Waals surface area contributed by atoms with Gasteiger partial charge in [-0.1, -0.05) is 12.1 Å². The van der Waals surface area contributed by atoms with E-state index in [0.717, 1.165) is 12.1 Å². The number of rotatable bonds is 6. The highest BCUT2D eigenvalue weighted by Crippen LogP contribution is 2.26. The molecule has 0 spiro atoms. The van der Waals surface area contributed by atoms with Crippen molar-refractivity contribution in [3.05, 3.63) is 93.8 Å². The molecule has 0 aliphatic carbocycles. The smallest absolute Gasteiger partial charge is 0.274 e. The van der Waals surface area contributed by atoms with Crippen LogP contribution < -0.4 is 10.0 Å². The van der Waals surface area contributed by atoms with Gasteiger partial charge in [-0.25, -0.2) is 12.8 Å². The monoisotopic (exact) mass is 429 g/mol. The second-order valence-electron chi connectivity index (χ2n) is 6.30. The Morgan fingerprint density at radius 2 is 1.70 bits per heavy atom. The van der Waals surface area contributed by atoms with Crippen LogP contribution >= 0.6 is 0 Å². The summed E-state index contributed by atoms with van der Waals surface area (Å²) in [6.07, 6.45) is 0. The maximum absolute atomic E-state index is 13.0. The first kappa shape index (κ1) is 20.9. The standard InChI is InChI=1S/C20H16FN3O5S/c1-13-18(6-3-7-19(13)24(26)27)22-20(25)14-4-2-5-17(12-14)30(28,29)23-16-10-8-15(21)9-11-16/h2-12,23H,1H3,(H,22,25). The van der Waals surface area contributed by atoms with E-state index in [2.05, 4.69) is 10.0 Å². The third-order valence-electron chi connectivity index (χ3n) is 4.25. The summed E-state index contributed by atoms with van der Waals surface area (Å²) in [5, 5.41) is 13.6. The van der Waals surface area contributed by atoms with Gasteiger partial charge in [-0.05, 0) is 55.5 Å². The first-order valence-corrected chi connectivity index (χ1v) is 10.1. The number of hydrogen-bond donors (Lipinski definition) is 2. The molecule has 154 valence electrons. The molecule has 0 heterocycles. The zero-order valence-corrected chi connectivity index (χ0v) is 16.4. The predicted octanol–water partition coefficient (Wildman–Crippen LogP) is 4.10. The van der Waals surface area contributed by atoms with Gasteiger partial charge in [0.1, 0.15) is 5.82 Å². The molecule has 3 rings (SSSR count). The summed E-state index contributed by atoms with van der Waals surface area (Å²) in [7, 11) is -4.02. The minimum absolute atomic E-state index is 0.0443. The third kappa shape index (κ3) is 4.61. The van der Waals surface area contributed by atoms with Gasteiger partial charge in [-0.3, -0.25) is 19.6 Å². The van der Waals surface area contributed by atoms with Crippen molar-refractivity contribution in [3.8, 4) is 0 Å². The van der Waals surface area contributed by atoms with E-state index in [-0.39, 0.29) is 33.1 Å². The molecule has 0 unspecified atom stereocenters. The summed E-state index contributed by atoms with van der Waals surface area (Å²) < 4.78 is 40.5. The highest BCUT2D eigenvalue weighted by atomic mass is 32.2. The second-order valence-corrected chi connectivity index (χ2v) is 7.98. The summed E-state index contributed by atoms with van der Waals surface area (Å²) >= 11 is 0. The molecule has 0 saturated carbocycles. The number of benzene rings is 3. The molecule has 0 fully saturated rings. The average molecular weight is 429 g/mol. The minimum Gasteiger partial charge on any atom is -0.321 e. The Kier molecular flexibility index (Phi) is 5.79. The number of carbonyl (C=O) groups excluding carboxylic acids is 1. The lowest BCUT2D eigenvalue weighted by molar-refractivity contribution is -0.385. The van der Waals surface area contributed by atoms with E-state index in [1.54, 1.807) is 0 Å². The molecule has 8 nitrogen and oxygen atoms in total. The van der Waals surface area contributed by atoms with Crippen molar-refractivity contribution in [2.24, 2.45) is 0 Å². The van der Waals surface area contributed by atoms with Crippen LogP contribution in [0, 0.1) is 22.9 Å². The number of anilines is 2. The fraction of sp³-hybridized carbons (Fsp3) is 0.0500. The molecule has 0 aliphatic rings. The Hall–Kier alpha value is -3.79. The molecular formula is C20H16FN3O5S. The molecule has 30 heavy (non-hydrogen) atoms. The van der Waals surface area contributed by atoms with Crippen LogP contribution in [0.5, 0.6) is 0 Å². The van der Waals surface area contributed by atoms with Crippen molar-refractivity contribution in [2.75, 3.05) is 10.0 Å². The van der Waals surface area contributed by atoms with Crippen LogP contribution in [0.15, 0.2) is 71.6 Å². The molecule has 3 aromatic rings. The number of nitrogens with zero attached hydrogens (tertiary/aromatic N) is 1. The van der Waals surface area contributed by atoms with Crippen LogP contribution in [0.1, 0.15) is 15.9 Å². The first-order valence-electron chi connectivity index (χ1n) is 8.61. The molecule has 0 atom stereocenters. The van der Waals surface area contributed by atoms with Gasteiger partial charge in [0, 0.05) is 17.3 Å². The number of sulfonamides is 1. The van der Waals surface area contributed by atoms with E-state index in [4.69, 9.17) is 0 Å². The van der Waals surface area contributed by atoms with E-state index < -0.39 is 26.7 Å². The van der Waals surface area contributed by atoms with E-state index in [0.29, 0.717) is 0 Å². The van der Waals surface area contributed by atoms with Crippen molar-refractivity contribution in [1.82, 2.24) is 0 Å². The van der Waals surface area contributed by atoms with Crippen LogP contribution in [0.3, 0.4) is 0 Å². The second kappa shape index (κ2) is 8.29. The molecule has 0 aromatic heterocycles. The Morgan fingerprint density at radius 1 is 1.03 bits per heavy atom. The zero-order chi connectivity index (χ0) is 21.9. The fourth-order valence-electron chi connectivity index (χ4n) is 2.69. The van der Waals surface area contributed by atoms with Crippen molar-refractivity contribution >= 4 is 33.0 Å². The third-order valence-corrected chi connectivity index (χ3v) is 5.63. The van der Waals surface area contributed by atoms with Crippen molar-refractivity contribution in [3.63, 3.8) is 0 Å². The number of nitro benzene ring substituents is 1. The van der Waals surface area contributed by atoms with Gasteiger partial charge in [0.05, 0.1) is 21.1 Å². The molecule has 10 heteroatoms. The normalized spacial score (nSPS) is 11.0. The Balaban J connectivity index is 1.84. The number of hydrogen-bond acceptors (Lipinski definition) is 5. The van der Waals surface area contributed by atoms with Crippen molar-refractivity contribution in [2.45, 2.75) is 11.8 Å². The maximum atomic E-state index is 13.0. The van der Waals surface area contributed by atoms with Crippen LogP contribution in [-0.4, -0.2) is 19.2 Å². The first-order chi connectivity index (χ1) is 14.2. The summed E-state index contributed by atoms with van der Waals surface area (Å²) in [6, 6.07) is 14.3. The Labute approximate surface area is 171 Å². The Bertz CT molecular complexity index is 1230. The molecule has 1 amide bonds. The maximum Gasteiger partial charge on any atom is 0.274 e. The number of amides is 1. The topological polar surface area (TPSA) is 118 Å². The Morgan fingerprint density at radius 3 is 2.37 bits per heavy atom. The molecule has 0 radical (unpaired) electrons. The minimum atomic E-state index is -4.02. The molecule has 2 N–H and O–H groups in total. The van der Waals surface area contributed by atoms with E-state index in [1.807, 2.05) is 0 Å². The predicted molar refractivity (Wildman–Crippen MR) is 109 cm³/mol. The molecule has 0 saturated heterocycles. The van der Waals surface area contributed by atoms with E-state index in [1.165, 1.54) is 61.5 Å². The lowest BCUT2D eigenvalue weighted by Crippen LogP contribution is -2.16. The van der Waals surface area contributed by atoms with Crippen LogP contribution in [0.4, 0.5) is 21.5 Å². The van der Waals surface area contributed by atoms with Gasteiger partial charge in [0.25, 0.3) is 21.6 Å². The average Bonchev–Trinajstić information content (AvgIpc) is 2.71. The van der Waals surface area contributed by atoms with Gasteiger partial charge in [0.15, 0.2) is 0 Å². The number of nitro groups is 1. The highest BCUT2D eigenvalue weighted by Gasteiger charge is 2.19. The number of halogens is 1. The molecule has 3 aromatic carbocycles. The highest BCUT2D eigenvalue weighted by molar-refractivity contribution is 7.92. The number of carbonyl (C=O) groups is 1. The fourth-order valence-corrected chi connectivity index (χ4v) is 3.79. The number of nitrogens with one attached hydrogen (secondary N) is 2. The molecular weight excluding hydrogens is 413 g/mol. The van der Waals surface area contributed by atoms with Crippen LogP contribution in [-0.2, 0) is 10.0 Å². The lowest BCUT2D eigenvalue weighted by atomic mass is 10.1. The zero-order valence-electron chi connectivity index (χ0n) is 15.6. The van der Waals surface area contributed by atoms with Gasteiger partial charge < -0.3 is 5.32 Å². The van der Waals surface area contributed by atoms with Gasteiger partial charge in [-0.15, -0.1) is 0 Å². The van der Waals surface area contributed by atoms with Crippen LogP contribution in [0.2, 0.25) is 0 Å².